The number of benzene rings is 2. The summed E-state index contributed by atoms with van der Waals surface area (Å²) in [5.41, 5.74) is 0.203. The lowest BCUT2D eigenvalue weighted by Gasteiger charge is -2.39. The Morgan fingerprint density at radius 2 is 2.02 bits per heavy atom. The summed E-state index contributed by atoms with van der Waals surface area (Å²) in [5.74, 6) is -0.792. The Labute approximate surface area is 251 Å². The standard InChI is InChI=1S/C30H28ClF2N7O3/c1-38-10-8-17(14-38)16-43-29-36-27-21(28(37-29)39-11-12-40(30(41)42)19(15-39)7-9-34)13-35-26(25(27)33)20-4-2-3-18-5-6-22(32)24(31)23(18)20/h2-6,13,17,19H,7-8,10-12,14-16H2,1H3,(H,41,42). The van der Waals surface area contributed by atoms with E-state index >= 15 is 4.39 Å². The molecular formula is C30H28ClF2N7O3. The van der Waals surface area contributed by atoms with E-state index in [2.05, 4.69) is 25.9 Å². The summed E-state index contributed by atoms with van der Waals surface area (Å²) in [7, 11) is 2.04. The second-order valence-electron chi connectivity index (χ2n) is 10.9. The Morgan fingerprint density at radius 1 is 1.19 bits per heavy atom. The zero-order chi connectivity index (χ0) is 30.2. The third kappa shape index (κ3) is 5.46. The van der Waals surface area contributed by atoms with Gasteiger partial charge < -0.3 is 24.5 Å². The molecule has 2 aliphatic heterocycles. The number of carboxylic acid groups (broad SMARTS) is 1. The minimum atomic E-state index is -1.11. The Morgan fingerprint density at radius 3 is 2.77 bits per heavy atom. The second-order valence-corrected chi connectivity index (χ2v) is 11.3. The number of ether oxygens (including phenoxy) is 1. The highest BCUT2D eigenvalue weighted by Gasteiger charge is 2.33. The van der Waals surface area contributed by atoms with E-state index in [1.54, 1.807) is 24.3 Å². The van der Waals surface area contributed by atoms with Crippen molar-refractivity contribution in [3.63, 3.8) is 0 Å². The maximum absolute atomic E-state index is 16.5. The van der Waals surface area contributed by atoms with Gasteiger partial charge in [0.25, 0.3) is 0 Å². The van der Waals surface area contributed by atoms with Crippen LogP contribution in [0.3, 0.4) is 0 Å². The number of carbonyl (C=O) groups is 1. The first-order chi connectivity index (χ1) is 20.7. The molecule has 4 heterocycles. The predicted molar refractivity (Wildman–Crippen MR) is 157 cm³/mol. The van der Waals surface area contributed by atoms with Crippen LogP contribution in [0.5, 0.6) is 6.01 Å². The normalized spacial score (nSPS) is 19.2. The lowest BCUT2D eigenvalue weighted by Crippen LogP contribution is -2.55. The topological polar surface area (TPSA) is 119 Å². The minimum Gasteiger partial charge on any atom is -0.465 e. The molecule has 0 saturated carbocycles. The number of pyridine rings is 1. The zero-order valence-corrected chi connectivity index (χ0v) is 24.1. The molecule has 4 aromatic rings. The number of halogens is 3. The number of amides is 1. The van der Waals surface area contributed by atoms with E-state index in [-0.39, 0.29) is 54.2 Å². The molecule has 0 spiro atoms. The molecule has 13 heteroatoms. The van der Waals surface area contributed by atoms with Crippen LogP contribution in [0, 0.1) is 28.9 Å². The molecule has 43 heavy (non-hydrogen) atoms. The van der Waals surface area contributed by atoms with Gasteiger partial charge in [0, 0.05) is 49.2 Å². The Balaban J connectivity index is 1.47. The van der Waals surface area contributed by atoms with Crippen molar-refractivity contribution in [3.8, 4) is 23.3 Å². The summed E-state index contributed by atoms with van der Waals surface area (Å²) in [4.78, 5) is 30.6. The molecule has 2 fully saturated rings. The zero-order valence-electron chi connectivity index (χ0n) is 23.3. The first-order valence-electron chi connectivity index (χ1n) is 13.9. The molecule has 2 aromatic heterocycles. The summed E-state index contributed by atoms with van der Waals surface area (Å²) < 4.78 is 37.0. The fourth-order valence-corrected chi connectivity index (χ4v) is 6.23. The summed E-state index contributed by atoms with van der Waals surface area (Å²) in [6.07, 6.45) is 1.28. The number of aromatic nitrogens is 3. The van der Waals surface area contributed by atoms with E-state index in [0.29, 0.717) is 34.1 Å². The molecule has 2 aromatic carbocycles. The maximum Gasteiger partial charge on any atom is 0.407 e. The summed E-state index contributed by atoms with van der Waals surface area (Å²) >= 11 is 6.34. The van der Waals surface area contributed by atoms with Crippen molar-refractivity contribution in [2.24, 2.45) is 5.92 Å². The number of hydrogen-bond donors (Lipinski definition) is 1. The van der Waals surface area contributed by atoms with Gasteiger partial charge in [0.15, 0.2) is 5.82 Å². The molecule has 2 aliphatic rings. The highest BCUT2D eigenvalue weighted by atomic mass is 35.5. The van der Waals surface area contributed by atoms with Crippen molar-refractivity contribution >= 4 is 45.2 Å². The van der Waals surface area contributed by atoms with Gasteiger partial charge >= 0.3 is 12.1 Å². The molecule has 1 N–H and O–H groups in total. The van der Waals surface area contributed by atoms with E-state index in [1.807, 2.05) is 11.9 Å². The molecule has 2 unspecified atom stereocenters. The summed E-state index contributed by atoms with van der Waals surface area (Å²) in [6.45, 7) is 2.70. The number of rotatable bonds is 6. The fraction of sp³-hybridized carbons (Fsp3) is 0.367. The maximum atomic E-state index is 16.5. The van der Waals surface area contributed by atoms with Crippen molar-refractivity contribution in [1.29, 1.82) is 5.26 Å². The van der Waals surface area contributed by atoms with Gasteiger partial charge in [-0.2, -0.15) is 15.2 Å². The van der Waals surface area contributed by atoms with Crippen molar-refractivity contribution in [2.75, 3.05) is 51.3 Å². The van der Waals surface area contributed by atoms with E-state index < -0.39 is 23.8 Å². The average Bonchev–Trinajstić information content (AvgIpc) is 3.42. The van der Waals surface area contributed by atoms with Gasteiger partial charge in [0.2, 0.25) is 0 Å². The Bertz CT molecular complexity index is 1770. The lowest BCUT2D eigenvalue weighted by molar-refractivity contribution is 0.119. The van der Waals surface area contributed by atoms with Gasteiger partial charge in [-0.05, 0) is 31.5 Å². The first kappa shape index (κ1) is 28.8. The van der Waals surface area contributed by atoms with Crippen molar-refractivity contribution in [3.05, 3.63) is 53.2 Å². The van der Waals surface area contributed by atoms with Crippen LogP contribution < -0.4 is 9.64 Å². The SMILES string of the molecule is CN1CCC(COc2nc(N3CCN(C(=O)O)C(CC#N)C3)c3cnc(-c4cccc5ccc(F)c(Cl)c45)c(F)c3n2)C1. The first-order valence-corrected chi connectivity index (χ1v) is 14.3. The molecule has 0 aliphatic carbocycles. The number of fused-ring (bicyclic) bond motifs is 2. The molecule has 2 atom stereocenters. The second kappa shape index (κ2) is 11.7. The van der Waals surface area contributed by atoms with Crippen LogP contribution in [0.25, 0.3) is 32.9 Å². The van der Waals surface area contributed by atoms with Gasteiger partial charge in [-0.3, -0.25) is 4.98 Å². The number of hydrogen-bond acceptors (Lipinski definition) is 8. The van der Waals surface area contributed by atoms with E-state index in [9.17, 15) is 19.6 Å². The van der Waals surface area contributed by atoms with Gasteiger partial charge in [0.1, 0.15) is 22.8 Å². The number of piperazine rings is 1. The fourth-order valence-electron chi connectivity index (χ4n) is 5.96. The molecule has 10 nitrogen and oxygen atoms in total. The monoisotopic (exact) mass is 607 g/mol. The highest BCUT2D eigenvalue weighted by molar-refractivity contribution is 6.36. The minimum absolute atomic E-state index is 0.0144. The molecular weight excluding hydrogens is 580 g/mol. The van der Waals surface area contributed by atoms with Crippen LogP contribution in [-0.4, -0.2) is 88.4 Å². The quantitative estimate of drug-likeness (QED) is 0.316. The van der Waals surface area contributed by atoms with Gasteiger partial charge in [-0.25, -0.2) is 13.6 Å². The molecule has 2 saturated heterocycles. The average molecular weight is 608 g/mol. The Hall–Kier alpha value is -4.34. The molecule has 222 valence electrons. The van der Waals surface area contributed by atoms with Crippen molar-refractivity contribution in [1.82, 2.24) is 24.8 Å². The smallest absolute Gasteiger partial charge is 0.407 e. The molecule has 6 rings (SSSR count). The number of likely N-dealkylation sites (tertiary alicyclic amines) is 1. The van der Waals surface area contributed by atoms with Crippen LogP contribution in [0.2, 0.25) is 5.02 Å². The van der Waals surface area contributed by atoms with Gasteiger partial charge in [-0.15, -0.1) is 0 Å². The largest absolute Gasteiger partial charge is 0.465 e. The number of nitriles is 1. The van der Waals surface area contributed by atoms with E-state index in [4.69, 9.17) is 16.3 Å². The summed E-state index contributed by atoms with van der Waals surface area (Å²) in [5, 5.41) is 20.1. The van der Waals surface area contributed by atoms with Crippen LogP contribution in [-0.2, 0) is 0 Å². The Kier molecular flexibility index (Phi) is 7.85. The third-order valence-corrected chi connectivity index (χ3v) is 8.50. The van der Waals surface area contributed by atoms with Crippen LogP contribution in [0.15, 0.2) is 36.5 Å². The van der Waals surface area contributed by atoms with Crippen LogP contribution in [0.4, 0.5) is 19.4 Å². The van der Waals surface area contributed by atoms with E-state index in [1.165, 1.54) is 17.2 Å². The lowest BCUT2D eigenvalue weighted by atomic mass is 10.0. The molecule has 1 amide bonds. The molecule has 0 radical (unpaired) electrons. The van der Waals surface area contributed by atoms with Crippen LogP contribution >= 0.6 is 11.6 Å². The van der Waals surface area contributed by atoms with Crippen molar-refractivity contribution < 1.29 is 23.4 Å². The predicted octanol–water partition coefficient (Wildman–Crippen LogP) is 5.19. The highest BCUT2D eigenvalue weighted by Crippen LogP contribution is 2.38. The van der Waals surface area contributed by atoms with Gasteiger partial charge in [0.05, 0.1) is 35.5 Å². The summed E-state index contributed by atoms with van der Waals surface area (Å²) in [6, 6.07) is 9.35. The third-order valence-electron chi connectivity index (χ3n) is 8.13. The van der Waals surface area contributed by atoms with Crippen molar-refractivity contribution in [2.45, 2.75) is 18.9 Å². The van der Waals surface area contributed by atoms with E-state index in [0.717, 1.165) is 19.5 Å². The molecule has 0 bridgehead atoms. The number of nitrogens with zero attached hydrogens (tertiary/aromatic N) is 7. The number of anilines is 1. The van der Waals surface area contributed by atoms with Crippen LogP contribution in [0.1, 0.15) is 12.8 Å². The van der Waals surface area contributed by atoms with Gasteiger partial charge in [-0.1, -0.05) is 35.9 Å².